The number of aromatic nitrogens is 2. The zero-order chi connectivity index (χ0) is 17.3. The van der Waals surface area contributed by atoms with Gasteiger partial charge in [-0.25, -0.2) is 9.36 Å². The van der Waals surface area contributed by atoms with Crippen LogP contribution in [0.1, 0.15) is 57.1 Å². The highest BCUT2D eigenvalue weighted by atomic mass is 16.2. The molecule has 1 heterocycles. The summed E-state index contributed by atoms with van der Waals surface area (Å²) in [6.45, 7) is 1.77. The summed E-state index contributed by atoms with van der Waals surface area (Å²) in [5.41, 5.74) is -1.29. The predicted octanol–water partition coefficient (Wildman–Crippen LogP) is 0.911. The lowest BCUT2D eigenvalue weighted by Crippen LogP contribution is -2.47. The molecular formula is C17H22N4O3. The minimum absolute atomic E-state index is 0.0397. The Kier molecular flexibility index (Phi) is 4.56. The molecule has 1 amide bonds. The van der Waals surface area contributed by atoms with Crippen LogP contribution in [0.4, 0.5) is 0 Å². The van der Waals surface area contributed by atoms with Crippen LogP contribution in [0.2, 0.25) is 0 Å². The summed E-state index contributed by atoms with van der Waals surface area (Å²) in [7, 11) is 0. The van der Waals surface area contributed by atoms with Crippen molar-refractivity contribution < 1.29 is 4.79 Å². The lowest BCUT2D eigenvalue weighted by Gasteiger charge is -2.29. The van der Waals surface area contributed by atoms with Crippen LogP contribution >= 0.6 is 0 Å². The average Bonchev–Trinajstić information content (AvgIpc) is 3.39. The number of carbonyl (C=O) groups is 1. The van der Waals surface area contributed by atoms with E-state index in [1.54, 1.807) is 0 Å². The van der Waals surface area contributed by atoms with Crippen molar-refractivity contribution in [2.24, 2.45) is 5.92 Å². The highest BCUT2D eigenvalue weighted by Gasteiger charge is 2.28. The Hall–Kier alpha value is -2.36. The zero-order valence-corrected chi connectivity index (χ0v) is 13.8. The summed E-state index contributed by atoms with van der Waals surface area (Å²) in [5, 5.41) is 12.1. The molecule has 24 heavy (non-hydrogen) atoms. The van der Waals surface area contributed by atoms with Crippen LogP contribution in [0, 0.1) is 17.2 Å². The molecule has 1 aromatic rings. The minimum atomic E-state index is -0.689. The Morgan fingerprint density at radius 3 is 2.62 bits per heavy atom. The highest BCUT2D eigenvalue weighted by Crippen LogP contribution is 2.33. The summed E-state index contributed by atoms with van der Waals surface area (Å²) in [5.74, 6) is 0.0540. The maximum Gasteiger partial charge on any atom is 0.331 e. The first-order valence-corrected chi connectivity index (χ1v) is 8.56. The molecule has 0 saturated heterocycles. The van der Waals surface area contributed by atoms with Crippen molar-refractivity contribution >= 4 is 5.91 Å². The van der Waals surface area contributed by atoms with E-state index in [0.29, 0.717) is 5.92 Å². The van der Waals surface area contributed by atoms with Crippen molar-refractivity contribution in [3.63, 3.8) is 0 Å². The van der Waals surface area contributed by atoms with Crippen molar-refractivity contribution in [2.75, 3.05) is 0 Å². The van der Waals surface area contributed by atoms with E-state index in [1.807, 2.05) is 6.07 Å². The van der Waals surface area contributed by atoms with E-state index < -0.39 is 11.2 Å². The third kappa shape index (κ3) is 3.28. The maximum atomic E-state index is 12.5. The number of hydrogen-bond donors (Lipinski definition) is 1. The molecule has 7 heteroatoms. The molecule has 3 rings (SSSR count). The molecule has 0 bridgehead atoms. The monoisotopic (exact) mass is 330 g/mol. The van der Waals surface area contributed by atoms with Gasteiger partial charge in [-0.05, 0) is 31.6 Å². The van der Waals surface area contributed by atoms with Crippen LogP contribution < -0.4 is 16.6 Å². The quantitative estimate of drug-likeness (QED) is 0.887. The molecule has 2 aliphatic rings. The lowest BCUT2D eigenvalue weighted by atomic mass is 9.86. The topological polar surface area (TPSA) is 96.9 Å². The van der Waals surface area contributed by atoms with E-state index in [2.05, 4.69) is 12.2 Å². The van der Waals surface area contributed by atoms with Crippen LogP contribution in [-0.4, -0.2) is 21.1 Å². The second kappa shape index (κ2) is 6.63. The van der Waals surface area contributed by atoms with E-state index in [-0.39, 0.29) is 30.1 Å². The van der Waals surface area contributed by atoms with Crippen molar-refractivity contribution in [1.82, 2.24) is 14.5 Å². The average molecular weight is 330 g/mol. The van der Waals surface area contributed by atoms with Gasteiger partial charge >= 0.3 is 5.69 Å². The van der Waals surface area contributed by atoms with Crippen molar-refractivity contribution in [1.29, 1.82) is 5.26 Å². The standard InChI is InChI=1S/C17H22N4O3/c1-11-4-2-3-5-14(11)19-15(22)10-21-16(23)12(8-18)9-20(17(21)24)13-6-7-13/h9,11,13-14H,2-7,10H2,1H3,(H,19,22)/t11-,14-/m1/s1. The molecule has 128 valence electrons. The molecule has 0 aromatic carbocycles. The largest absolute Gasteiger partial charge is 0.352 e. The van der Waals surface area contributed by atoms with Crippen LogP contribution in [0.3, 0.4) is 0 Å². The first-order chi connectivity index (χ1) is 11.5. The third-order valence-corrected chi connectivity index (χ3v) is 5.02. The van der Waals surface area contributed by atoms with Crippen molar-refractivity contribution in [3.8, 4) is 6.07 Å². The summed E-state index contributed by atoms with van der Waals surface area (Å²) in [6, 6.07) is 1.95. The number of nitrogens with one attached hydrogen (secondary N) is 1. The number of amides is 1. The van der Waals surface area contributed by atoms with Gasteiger partial charge in [0, 0.05) is 18.3 Å². The first-order valence-electron chi connectivity index (χ1n) is 8.56. The SMILES string of the molecule is C[C@@H]1CCCC[C@H]1NC(=O)Cn1c(=O)c(C#N)cn(C2CC2)c1=O. The van der Waals surface area contributed by atoms with Crippen molar-refractivity contribution in [2.45, 2.75) is 64.1 Å². The number of hydrogen-bond acceptors (Lipinski definition) is 4. The molecule has 0 aliphatic heterocycles. The van der Waals surface area contributed by atoms with E-state index in [4.69, 9.17) is 5.26 Å². The molecular weight excluding hydrogens is 308 g/mol. The van der Waals surface area contributed by atoms with Gasteiger partial charge in [0.2, 0.25) is 5.91 Å². The summed E-state index contributed by atoms with van der Waals surface area (Å²) < 4.78 is 2.30. The Balaban J connectivity index is 1.82. The highest BCUT2D eigenvalue weighted by molar-refractivity contribution is 5.76. The second-order valence-corrected chi connectivity index (χ2v) is 6.90. The number of nitriles is 1. The summed E-state index contributed by atoms with van der Waals surface area (Å²) in [4.78, 5) is 37.0. The van der Waals surface area contributed by atoms with E-state index in [0.717, 1.165) is 36.7 Å². The molecule has 1 N–H and O–H groups in total. The minimum Gasteiger partial charge on any atom is -0.352 e. The lowest BCUT2D eigenvalue weighted by molar-refractivity contribution is -0.123. The molecule has 0 radical (unpaired) electrons. The van der Waals surface area contributed by atoms with Crippen LogP contribution in [-0.2, 0) is 11.3 Å². The molecule has 1 aromatic heterocycles. The van der Waals surface area contributed by atoms with Gasteiger partial charge in [0.05, 0.1) is 0 Å². The fourth-order valence-electron chi connectivity index (χ4n) is 3.38. The van der Waals surface area contributed by atoms with E-state index >= 15 is 0 Å². The van der Waals surface area contributed by atoms with Gasteiger partial charge in [-0.3, -0.25) is 14.2 Å². The molecule has 7 nitrogen and oxygen atoms in total. The van der Waals surface area contributed by atoms with E-state index in [9.17, 15) is 14.4 Å². The Labute approximate surface area is 139 Å². The normalized spacial score (nSPS) is 23.5. The third-order valence-electron chi connectivity index (χ3n) is 5.02. The van der Waals surface area contributed by atoms with Gasteiger partial charge in [0.15, 0.2) is 0 Å². The molecule has 0 spiro atoms. The van der Waals surface area contributed by atoms with Crippen LogP contribution in [0.15, 0.2) is 15.8 Å². The summed E-state index contributed by atoms with van der Waals surface area (Å²) in [6.07, 6.45) is 7.27. The number of carbonyl (C=O) groups excluding carboxylic acids is 1. The van der Waals surface area contributed by atoms with Crippen molar-refractivity contribution in [3.05, 3.63) is 32.6 Å². The fourth-order valence-corrected chi connectivity index (χ4v) is 3.38. The predicted molar refractivity (Wildman–Crippen MR) is 87.5 cm³/mol. The fraction of sp³-hybridized carbons (Fsp3) is 0.647. The van der Waals surface area contributed by atoms with Gasteiger partial charge in [0.1, 0.15) is 18.2 Å². The molecule has 2 saturated carbocycles. The van der Waals surface area contributed by atoms with Gasteiger partial charge in [-0.15, -0.1) is 0 Å². The molecule has 2 aliphatic carbocycles. The Morgan fingerprint density at radius 1 is 1.29 bits per heavy atom. The summed E-state index contributed by atoms with van der Waals surface area (Å²) >= 11 is 0. The Bertz CT molecular complexity index is 798. The Morgan fingerprint density at radius 2 is 2.00 bits per heavy atom. The van der Waals surface area contributed by atoms with E-state index in [1.165, 1.54) is 17.2 Å². The molecule has 2 fully saturated rings. The van der Waals surface area contributed by atoms with Gasteiger partial charge in [-0.2, -0.15) is 5.26 Å². The van der Waals surface area contributed by atoms with Gasteiger partial charge in [-0.1, -0.05) is 19.8 Å². The van der Waals surface area contributed by atoms with Gasteiger partial charge in [0.25, 0.3) is 5.56 Å². The maximum absolute atomic E-state index is 12.5. The first kappa shape index (κ1) is 16.5. The van der Waals surface area contributed by atoms with Crippen LogP contribution in [0.25, 0.3) is 0 Å². The second-order valence-electron chi connectivity index (χ2n) is 6.90. The molecule has 2 atom stereocenters. The molecule has 0 unspecified atom stereocenters. The van der Waals surface area contributed by atoms with Gasteiger partial charge < -0.3 is 5.32 Å². The number of rotatable bonds is 4. The number of nitrogens with zero attached hydrogens (tertiary/aromatic N) is 3. The zero-order valence-electron chi connectivity index (χ0n) is 13.8. The van der Waals surface area contributed by atoms with Crippen LogP contribution in [0.5, 0.6) is 0 Å². The smallest absolute Gasteiger partial charge is 0.331 e.